The SMILES string of the molecule is O=C(c1cccc(Br)c1)N1CCCC(N2CCCC2)C1. The van der Waals surface area contributed by atoms with Crippen LogP contribution in [-0.4, -0.2) is 47.9 Å². The quantitative estimate of drug-likeness (QED) is 0.828. The maximum atomic E-state index is 12.6. The van der Waals surface area contributed by atoms with E-state index in [2.05, 4.69) is 20.8 Å². The molecule has 20 heavy (non-hydrogen) atoms. The number of hydrogen-bond acceptors (Lipinski definition) is 2. The average molecular weight is 337 g/mol. The fraction of sp³-hybridized carbons (Fsp3) is 0.562. The second kappa shape index (κ2) is 6.27. The zero-order chi connectivity index (χ0) is 13.9. The van der Waals surface area contributed by atoms with E-state index >= 15 is 0 Å². The molecule has 3 rings (SSSR count). The van der Waals surface area contributed by atoms with Crippen LogP contribution in [0, 0.1) is 0 Å². The molecule has 3 nitrogen and oxygen atoms in total. The molecule has 1 unspecified atom stereocenters. The lowest BCUT2D eigenvalue weighted by atomic mass is 10.0. The maximum absolute atomic E-state index is 12.6. The number of carbonyl (C=O) groups is 1. The van der Waals surface area contributed by atoms with Crippen LogP contribution in [0.2, 0.25) is 0 Å². The molecule has 0 aromatic heterocycles. The van der Waals surface area contributed by atoms with Crippen molar-refractivity contribution in [1.82, 2.24) is 9.80 Å². The van der Waals surface area contributed by atoms with Crippen LogP contribution in [0.4, 0.5) is 0 Å². The zero-order valence-electron chi connectivity index (χ0n) is 11.7. The summed E-state index contributed by atoms with van der Waals surface area (Å²) in [6.07, 6.45) is 5.00. The van der Waals surface area contributed by atoms with Gasteiger partial charge >= 0.3 is 0 Å². The number of hydrogen-bond donors (Lipinski definition) is 0. The number of piperidine rings is 1. The van der Waals surface area contributed by atoms with Crippen molar-refractivity contribution >= 4 is 21.8 Å². The topological polar surface area (TPSA) is 23.6 Å². The Kier molecular flexibility index (Phi) is 4.41. The van der Waals surface area contributed by atoms with E-state index in [1.165, 1.54) is 32.4 Å². The third-order valence-electron chi connectivity index (χ3n) is 4.41. The van der Waals surface area contributed by atoms with Crippen molar-refractivity contribution in [2.24, 2.45) is 0 Å². The summed E-state index contributed by atoms with van der Waals surface area (Å²) < 4.78 is 0.969. The van der Waals surface area contributed by atoms with Crippen molar-refractivity contribution in [2.75, 3.05) is 26.2 Å². The highest BCUT2D eigenvalue weighted by Crippen LogP contribution is 2.22. The molecule has 108 valence electrons. The van der Waals surface area contributed by atoms with Crippen LogP contribution in [0.3, 0.4) is 0 Å². The molecule has 1 atom stereocenters. The predicted molar refractivity (Wildman–Crippen MR) is 83.9 cm³/mol. The predicted octanol–water partition coefficient (Wildman–Crippen LogP) is 3.15. The van der Waals surface area contributed by atoms with Gasteiger partial charge in [-0.3, -0.25) is 9.69 Å². The molecule has 0 N–H and O–H groups in total. The van der Waals surface area contributed by atoms with Gasteiger partial charge in [0.25, 0.3) is 5.91 Å². The Morgan fingerprint density at radius 2 is 1.95 bits per heavy atom. The number of nitrogens with zero attached hydrogens (tertiary/aromatic N) is 2. The summed E-state index contributed by atoms with van der Waals surface area (Å²) in [6, 6.07) is 8.29. The molecular formula is C16H21BrN2O. The van der Waals surface area contributed by atoms with Gasteiger partial charge < -0.3 is 4.90 Å². The molecule has 1 aromatic rings. The first kappa shape index (κ1) is 14.1. The third-order valence-corrected chi connectivity index (χ3v) is 4.91. The van der Waals surface area contributed by atoms with Crippen LogP contribution in [0.15, 0.2) is 28.7 Å². The Bertz CT molecular complexity index is 485. The molecule has 0 bridgehead atoms. The van der Waals surface area contributed by atoms with Crippen LogP contribution in [0.1, 0.15) is 36.0 Å². The van der Waals surface area contributed by atoms with Crippen molar-refractivity contribution in [2.45, 2.75) is 31.7 Å². The lowest BCUT2D eigenvalue weighted by Crippen LogP contribution is -2.48. The molecule has 1 amide bonds. The van der Waals surface area contributed by atoms with E-state index in [-0.39, 0.29) is 5.91 Å². The van der Waals surface area contributed by atoms with Gasteiger partial charge in [-0.1, -0.05) is 22.0 Å². The van der Waals surface area contributed by atoms with Crippen LogP contribution < -0.4 is 0 Å². The number of likely N-dealkylation sites (tertiary alicyclic amines) is 2. The normalized spacial score (nSPS) is 24.1. The fourth-order valence-corrected chi connectivity index (χ4v) is 3.75. The number of halogens is 1. The van der Waals surface area contributed by atoms with Crippen LogP contribution in [-0.2, 0) is 0 Å². The van der Waals surface area contributed by atoms with Crippen LogP contribution in [0.25, 0.3) is 0 Å². The molecule has 0 spiro atoms. The highest BCUT2D eigenvalue weighted by Gasteiger charge is 2.29. The van der Waals surface area contributed by atoms with E-state index in [9.17, 15) is 4.79 Å². The molecule has 0 saturated carbocycles. The van der Waals surface area contributed by atoms with E-state index in [1.807, 2.05) is 29.2 Å². The third kappa shape index (κ3) is 3.07. The molecular weight excluding hydrogens is 316 g/mol. The number of amides is 1. The summed E-state index contributed by atoms with van der Waals surface area (Å²) in [6.45, 7) is 4.22. The van der Waals surface area contributed by atoms with Crippen molar-refractivity contribution < 1.29 is 4.79 Å². The second-order valence-electron chi connectivity index (χ2n) is 5.80. The zero-order valence-corrected chi connectivity index (χ0v) is 13.3. The smallest absolute Gasteiger partial charge is 0.253 e. The first-order valence-electron chi connectivity index (χ1n) is 7.53. The first-order valence-corrected chi connectivity index (χ1v) is 8.32. The first-order chi connectivity index (χ1) is 9.74. The molecule has 2 saturated heterocycles. The van der Waals surface area contributed by atoms with Gasteiger partial charge in [0.2, 0.25) is 0 Å². The standard InChI is InChI=1S/C16H21BrN2O/c17-14-6-3-5-13(11-14)16(20)19-10-4-7-15(12-19)18-8-1-2-9-18/h3,5-6,11,15H,1-2,4,7-10,12H2. The number of benzene rings is 1. The highest BCUT2D eigenvalue weighted by atomic mass is 79.9. The number of rotatable bonds is 2. The van der Waals surface area contributed by atoms with Crippen LogP contribution >= 0.6 is 15.9 Å². The van der Waals surface area contributed by atoms with Crippen LogP contribution in [0.5, 0.6) is 0 Å². The lowest BCUT2D eigenvalue weighted by molar-refractivity contribution is 0.0608. The second-order valence-corrected chi connectivity index (χ2v) is 6.72. The molecule has 2 fully saturated rings. The van der Waals surface area contributed by atoms with Crippen molar-refractivity contribution in [1.29, 1.82) is 0 Å². The fourth-order valence-electron chi connectivity index (χ4n) is 3.35. The molecule has 1 aromatic carbocycles. The summed E-state index contributed by atoms with van der Waals surface area (Å²) in [4.78, 5) is 17.2. The molecule has 4 heteroatoms. The Hall–Kier alpha value is -0.870. The lowest BCUT2D eigenvalue weighted by Gasteiger charge is -2.37. The summed E-state index contributed by atoms with van der Waals surface area (Å²) in [5.41, 5.74) is 0.793. The van der Waals surface area contributed by atoms with Gasteiger partial charge in [-0.05, 0) is 57.0 Å². The molecule has 2 heterocycles. The van der Waals surface area contributed by atoms with Gasteiger partial charge in [0.15, 0.2) is 0 Å². The van der Waals surface area contributed by atoms with Gasteiger partial charge in [-0.2, -0.15) is 0 Å². The van der Waals surface area contributed by atoms with Gasteiger partial charge in [-0.15, -0.1) is 0 Å². The Morgan fingerprint density at radius 3 is 2.70 bits per heavy atom. The summed E-state index contributed by atoms with van der Waals surface area (Å²) in [5.74, 6) is 0.176. The minimum absolute atomic E-state index is 0.176. The number of carbonyl (C=O) groups excluding carboxylic acids is 1. The van der Waals surface area contributed by atoms with Gasteiger partial charge in [0.05, 0.1) is 0 Å². The molecule has 2 aliphatic heterocycles. The monoisotopic (exact) mass is 336 g/mol. The van der Waals surface area contributed by atoms with Crippen molar-refractivity contribution in [3.63, 3.8) is 0 Å². The van der Waals surface area contributed by atoms with E-state index < -0.39 is 0 Å². The Labute approximate surface area is 129 Å². The van der Waals surface area contributed by atoms with Crippen molar-refractivity contribution in [3.8, 4) is 0 Å². The minimum atomic E-state index is 0.176. The van der Waals surface area contributed by atoms with Gasteiger partial charge in [-0.25, -0.2) is 0 Å². The summed E-state index contributed by atoms with van der Waals surface area (Å²) >= 11 is 3.44. The van der Waals surface area contributed by atoms with E-state index in [0.29, 0.717) is 6.04 Å². The maximum Gasteiger partial charge on any atom is 0.253 e. The van der Waals surface area contributed by atoms with Crippen molar-refractivity contribution in [3.05, 3.63) is 34.3 Å². The van der Waals surface area contributed by atoms with E-state index in [1.54, 1.807) is 0 Å². The summed E-state index contributed by atoms with van der Waals surface area (Å²) in [5, 5.41) is 0. The largest absolute Gasteiger partial charge is 0.337 e. The van der Waals surface area contributed by atoms with Gasteiger partial charge in [0, 0.05) is 29.2 Å². The van der Waals surface area contributed by atoms with Gasteiger partial charge in [0.1, 0.15) is 0 Å². The minimum Gasteiger partial charge on any atom is -0.337 e. The van der Waals surface area contributed by atoms with E-state index in [0.717, 1.165) is 29.5 Å². The van der Waals surface area contributed by atoms with E-state index in [4.69, 9.17) is 0 Å². The molecule has 0 radical (unpaired) electrons. The summed E-state index contributed by atoms with van der Waals surface area (Å²) in [7, 11) is 0. The molecule has 0 aliphatic carbocycles. The average Bonchev–Trinajstić information content (AvgIpc) is 3.01. The Morgan fingerprint density at radius 1 is 1.15 bits per heavy atom. The molecule has 2 aliphatic rings. The highest BCUT2D eigenvalue weighted by molar-refractivity contribution is 9.10. The Balaban J connectivity index is 1.68.